The van der Waals surface area contributed by atoms with Crippen LogP contribution < -0.4 is 0 Å². The van der Waals surface area contributed by atoms with Crippen LogP contribution in [-0.2, 0) is 16.0 Å². The average Bonchev–Trinajstić information content (AvgIpc) is 3.01. The largest absolute Gasteiger partial charge is 0.480 e. The molecule has 0 bridgehead atoms. The second-order valence-electron chi connectivity index (χ2n) is 5.16. The van der Waals surface area contributed by atoms with Crippen molar-refractivity contribution in [2.75, 3.05) is 6.54 Å². The number of aromatic nitrogens is 2. The molecule has 2 atom stereocenters. The first-order valence-corrected chi connectivity index (χ1v) is 6.67. The van der Waals surface area contributed by atoms with E-state index < -0.39 is 18.1 Å². The van der Waals surface area contributed by atoms with Crippen molar-refractivity contribution >= 4 is 17.5 Å². The number of fused-ring (bicyclic) bond motifs is 1. The zero-order valence-electron chi connectivity index (χ0n) is 11.2. The van der Waals surface area contributed by atoms with Crippen molar-refractivity contribution in [1.29, 1.82) is 0 Å². The van der Waals surface area contributed by atoms with Crippen LogP contribution in [0.1, 0.15) is 12.1 Å². The molecular formula is C14H15N3O4. The van der Waals surface area contributed by atoms with Crippen molar-refractivity contribution in [2.45, 2.75) is 25.0 Å². The number of carboxylic acids is 1. The van der Waals surface area contributed by atoms with Gasteiger partial charge in [-0.05, 0) is 12.1 Å². The van der Waals surface area contributed by atoms with E-state index in [0.29, 0.717) is 5.69 Å². The van der Waals surface area contributed by atoms with Gasteiger partial charge in [0, 0.05) is 25.4 Å². The number of hydrogen-bond donors (Lipinski definition) is 2. The lowest BCUT2D eigenvalue weighted by Crippen LogP contribution is -2.41. The third-order valence-corrected chi connectivity index (χ3v) is 3.63. The monoisotopic (exact) mass is 289 g/mol. The lowest BCUT2D eigenvalue weighted by molar-refractivity contribution is -0.148. The van der Waals surface area contributed by atoms with Gasteiger partial charge in [-0.25, -0.2) is 9.78 Å². The van der Waals surface area contributed by atoms with E-state index in [1.165, 1.54) is 4.90 Å². The van der Waals surface area contributed by atoms with Crippen LogP contribution in [0.5, 0.6) is 0 Å². The second-order valence-corrected chi connectivity index (χ2v) is 5.16. The third-order valence-electron chi connectivity index (χ3n) is 3.63. The number of nitrogens with zero attached hydrogens (tertiary/aromatic N) is 3. The molecule has 1 aliphatic heterocycles. The molecule has 0 spiro atoms. The number of carboxylic acid groups (broad SMARTS) is 1. The smallest absolute Gasteiger partial charge is 0.326 e. The Hall–Kier alpha value is -2.41. The number of pyridine rings is 1. The molecule has 0 aliphatic carbocycles. The van der Waals surface area contributed by atoms with E-state index in [-0.39, 0.29) is 25.3 Å². The number of likely N-dealkylation sites (tertiary alicyclic amines) is 1. The first-order valence-electron chi connectivity index (χ1n) is 6.67. The first-order chi connectivity index (χ1) is 10.0. The fourth-order valence-corrected chi connectivity index (χ4v) is 2.65. The minimum atomic E-state index is -1.09. The molecule has 0 aromatic carbocycles. The zero-order valence-corrected chi connectivity index (χ0v) is 11.2. The van der Waals surface area contributed by atoms with Gasteiger partial charge >= 0.3 is 5.97 Å². The van der Waals surface area contributed by atoms with Crippen LogP contribution in [0, 0.1) is 0 Å². The molecule has 2 N–H and O–H groups in total. The topological polar surface area (TPSA) is 95.1 Å². The first kappa shape index (κ1) is 13.6. The van der Waals surface area contributed by atoms with Crippen molar-refractivity contribution < 1.29 is 19.8 Å². The van der Waals surface area contributed by atoms with Crippen LogP contribution in [0.25, 0.3) is 5.65 Å². The highest BCUT2D eigenvalue weighted by Crippen LogP contribution is 2.19. The minimum absolute atomic E-state index is 0.0260. The molecule has 2 aromatic rings. The predicted molar refractivity (Wildman–Crippen MR) is 72.7 cm³/mol. The average molecular weight is 289 g/mol. The van der Waals surface area contributed by atoms with Crippen LogP contribution in [0.15, 0.2) is 30.6 Å². The lowest BCUT2D eigenvalue weighted by Gasteiger charge is -2.20. The van der Waals surface area contributed by atoms with Crippen molar-refractivity contribution in [3.63, 3.8) is 0 Å². The Bertz CT molecular complexity index is 663. The van der Waals surface area contributed by atoms with Crippen molar-refractivity contribution in [1.82, 2.24) is 14.3 Å². The lowest BCUT2D eigenvalue weighted by atomic mass is 10.2. The van der Waals surface area contributed by atoms with E-state index in [4.69, 9.17) is 5.11 Å². The highest BCUT2D eigenvalue weighted by atomic mass is 16.4. The third kappa shape index (κ3) is 2.59. The normalized spacial score (nSPS) is 21.9. The Morgan fingerprint density at radius 3 is 2.90 bits per heavy atom. The Balaban J connectivity index is 1.77. The molecule has 1 amide bonds. The minimum Gasteiger partial charge on any atom is -0.480 e. The van der Waals surface area contributed by atoms with E-state index in [9.17, 15) is 14.7 Å². The van der Waals surface area contributed by atoms with Gasteiger partial charge < -0.3 is 19.5 Å². The van der Waals surface area contributed by atoms with E-state index in [0.717, 1.165) is 5.65 Å². The summed E-state index contributed by atoms with van der Waals surface area (Å²) in [6, 6.07) is 4.58. The van der Waals surface area contributed by atoms with Gasteiger partial charge in [0.15, 0.2) is 0 Å². The number of hydrogen-bond acceptors (Lipinski definition) is 4. The molecule has 0 radical (unpaired) electrons. The molecular weight excluding hydrogens is 274 g/mol. The number of amides is 1. The highest BCUT2D eigenvalue weighted by Gasteiger charge is 2.38. The van der Waals surface area contributed by atoms with Gasteiger partial charge in [0.1, 0.15) is 11.7 Å². The van der Waals surface area contributed by atoms with E-state index in [1.54, 1.807) is 10.6 Å². The van der Waals surface area contributed by atoms with Gasteiger partial charge in [-0.1, -0.05) is 6.07 Å². The summed E-state index contributed by atoms with van der Waals surface area (Å²) in [5, 5.41) is 18.7. The number of β-amino-alcohol motifs (C(OH)–C–C–N with tert-alkyl or cyclic N) is 1. The number of imidazole rings is 1. The van der Waals surface area contributed by atoms with Crippen LogP contribution in [-0.4, -0.2) is 55.1 Å². The van der Waals surface area contributed by atoms with Crippen molar-refractivity contribution in [3.05, 3.63) is 36.3 Å². The second kappa shape index (κ2) is 5.17. The molecule has 3 heterocycles. The number of carbonyl (C=O) groups is 2. The van der Waals surface area contributed by atoms with Gasteiger partial charge in [0.25, 0.3) is 0 Å². The van der Waals surface area contributed by atoms with E-state index >= 15 is 0 Å². The summed E-state index contributed by atoms with van der Waals surface area (Å²) in [6.07, 6.45) is 2.90. The van der Waals surface area contributed by atoms with E-state index in [2.05, 4.69) is 4.98 Å². The maximum Gasteiger partial charge on any atom is 0.326 e. The fraction of sp³-hybridized carbons (Fsp3) is 0.357. The molecule has 2 aromatic heterocycles. The summed E-state index contributed by atoms with van der Waals surface area (Å²) in [6.45, 7) is 0.0587. The molecule has 1 fully saturated rings. The highest BCUT2D eigenvalue weighted by molar-refractivity contribution is 5.85. The molecule has 7 nitrogen and oxygen atoms in total. The SMILES string of the molecule is O=C(O)[C@H]1C[C@@H](O)CN1C(=O)Cc1cn2ccccc2n1. The maximum absolute atomic E-state index is 12.3. The summed E-state index contributed by atoms with van der Waals surface area (Å²) in [4.78, 5) is 28.9. The quantitative estimate of drug-likeness (QED) is 0.824. The van der Waals surface area contributed by atoms with Gasteiger partial charge in [-0.2, -0.15) is 0 Å². The summed E-state index contributed by atoms with van der Waals surface area (Å²) in [5.74, 6) is -1.42. The number of aliphatic carboxylic acids is 1. The Morgan fingerprint density at radius 2 is 2.19 bits per heavy atom. The molecule has 7 heteroatoms. The van der Waals surface area contributed by atoms with Crippen LogP contribution >= 0.6 is 0 Å². The van der Waals surface area contributed by atoms with Gasteiger partial charge in [-0.15, -0.1) is 0 Å². The summed E-state index contributed by atoms with van der Waals surface area (Å²) in [5.41, 5.74) is 1.31. The van der Waals surface area contributed by atoms with Gasteiger partial charge in [0.2, 0.25) is 5.91 Å². The molecule has 0 unspecified atom stereocenters. The predicted octanol–water partition coefficient (Wildman–Crippen LogP) is -0.0768. The van der Waals surface area contributed by atoms with Gasteiger partial charge in [0.05, 0.1) is 18.2 Å². The molecule has 1 saturated heterocycles. The van der Waals surface area contributed by atoms with E-state index in [1.807, 2.05) is 24.4 Å². The summed E-state index contributed by atoms with van der Waals surface area (Å²) in [7, 11) is 0. The molecule has 110 valence electrons. The van der Waals surface area contributed by atoms with Crippen LogP contribution in [0.3, 0.4) is 0 Å². The molecule has 1 aliphatic rings. The Labute approximate surface area is 120 Å². The fourth-order valence-electron chi connectivity index (χ4n) is 2.65. The molecule has 0 saturated carbocycles. The molecule has 21 heavy (non-hydrogen) atoms. The van der Waals surface area contributed by atoms with Gasteiger partial charge in [-0.3, -0.25) is 4.79 Å². The molecule has 3 rings (SSSR count). The summed E-state index contributed by atoms with van der Waals surface area (Å²) >= 11 is 0. The van der Waals surface area contributed by atoms with Crippen molar-refractivity contribution in [3.8, 4) is 0 Å². The number of aliphatic hydroxyl groups is 1. The zero-order chi connectivity index (χ0) is 15.0. The van der Waals surface area contributed by atoms with Crippen LogP contribution in [0.4, 0.5) is 0 Å². The van der Waals surface area contributed by atoms with Crippen LogP contribution in [0.2, 0.25) is 0 Å². The van der Waals surface area contributed by atoms with Crippen molar-refractivity contribution in [2.24, 2.45) is 0 Å². The number of aliphatic hydroxyl groups excluding tert-OH is 1. The standard InChI is InChI=1S/C14H15N3O4/c18-10-6-11(14(20)21)17(8-10)13(19)5-9-7-16-4-2-1-3-12(16)15-9/h1-4,7,10-11,18H,5-6,8H2,(H,20,21)/t10-,11-/m1/s1. The Kier molecular flexibility index (Phi) is 3.34. The number of rotatable bonds is 3. The maximum atomic E-state index is 12.3. The Morgan fingerprint density at radius 1 is 1.38 bits per heavy atom. The number of carbonyl (C=O) groups excluding carboxylic acids is 1. The summed E-state index contributed by atoms with van der Waals surface area (Å²) < 4.78 is 1.80.